The van der Waals surface area contributed by atoms with Crippen LogP contribution < -0.4 is 5.32 Å². The number of hydrogen-bond donors (Lipinski definition) is 1. The average Bonchev–Trinajstić information content (AvgIpc) is 2.93. The van der Waals surface area contributed by atoms with Crippen LogP contribution >= 0.6 is 0 Å². The van der Waals surface area contributed by atoms with Crippen LogP contribution in [0.3, 0.4) is 0 Å². The average molecular weight is 274 g/mol. The number of nitrogens with zero attached hydrogens (tertiary/aromatic N) is 1. The van der Waals surface area contributed by atoms with Gasteiger partial charge in [0.15, 0.2) is 0 Å². The van der Waals surface area contributed by atoms with E-state index in [0.717, 1.165) is 12.5 Å². The predicted molar refractivity (Wildman–Crippen MR) is 87.2 cm³/mol. The summed E-state index contributed by atoms with van der Waals surface area (Å²) >= 11 is 0. The van der Waals surface area contributed by atoms with E-state index in [1.807, 2.05) is 0 Å². The van der Waals surface area contributed by atoms with Crippen molar-refractivity contribution in [2.24, 2.45) is 5.92 Å². The fraction of sp³-hybridized carbons (Fsp3) is 0.667. The molecule has 1 fully saturated rings. The van der Waals surface area contributed by atoms with Crippen molar-refractivity contribution in [3.05, 3.63) is 35.4 Å². The number of hydrogen-bond acceptors (Lipinski definition) is 2. The first kappa shape index (κ1) is 15.5. The van der Waals surface area contributed by atoms with Gasteiger partial charge in [0.1, 0.15) is 0 Å². The molecule has 1 aliphatic rings. The zero-order chi connectivity index (χ0) is 14.5. The van der Waals surface area contributed by atoms with Crippen LogP contribution in [0, 0.1) is 5.92 Å². The normalized spacial score (nSPS) is 21.6. The van der Waals surface area contributed by atoms with E-state index in [2.05, 4.69) is 62.2 Å². The molecule has 1 aromatic rings. The second kappa shape index (κ2) is 7.24. The lowest BCUT2D eigenvalue weighted by Crippen LogP contribution is -2.28. The highest BCUT2D eigenvalue weighted by Crippen LogP contribution is 2.20. The van der Waals surface area contributed by atoms with E-state index in [9.17, 15) is 0 Å². The Bertz CT molecular complexity index is 396. The fourth-order valence-corrected chi connectivity index (χ4v) is 3.00. The topological polar surface area (TPSA) is 15.3 Å². The van der Waals surface area contributed by atoms with Crippen LogP contribution in [0.25, 0.3) is 0 Å². The summed E-state index contributed by atoms with van der Waals surface area (Å²) in [6.45, 7) is 13.9. The van der Waals surface area contributed by atoms with Crippen LogP contribution in [0.15, 0.2) is 24.3 Å². The Morgan fingerprint density at radius 3 is 2.35 bits per heavy atom. The van der Waals surface area contributed by atoms with Gasteiger partial charge in [-0.25, -0.2) is 0 Å². The fourth-order valence-electron chi connectivity index (χ4n) is 3.00. The third kappa shape index (κ3) is 4.07. The molecule has 2 rings (SSSR count). The molecule has 1 aliphatic heterocycles. The lowest BCUT2D eigenvalue weighted by Gasteiger charge is -2.19. The molecule has 0 amide bonds. The molecule has 0 aromatic heterocycles. The lowest BCUT2D eigenvalue weighted by atomic mass is 9.99. The van der Waals surface area contributed by atoms with Crippen LogP contribution in [0.2, 0.25) is 0 Å². The molecule has 2 unspecified atom stereocenters. The smallest absolute Gasteiger partial charge is 0.0291 e. The van der Waals surface area contributed by atoms with E-state index >= 15 is 0 Å². The molecule has 1 aromatic carbocycles. The molecular weight excluding hydrogens is 244 g/mol. The van der Waals surface area contributed by atoms with Gasteiger partial charge in [0.2, 0.25) is 0 Å². The first-order chi connectivity index (χ1) is 9.60. The van der Waals surface area contributed by atoms with E-state index in [4.69, 9.17) is 0 Å². The van der Waals surface area contributed by atoms with Crippen LogP contribution in [-0.2, 0) is 0 Å². The number of nitrogens with one attached hydrogen (secondary N) is 1. The summed E-state index contributed by atoms with van der Waals surface area (Å²) in [6, 6.07) is 9.55. The SMILES string of the molecule is CCN1CCC(CNC(C)c2ccc(C(C)C)cc2)C1. The third-order valence-corrected chi connectivity index (χ3v) is 4.63. The minimum absolute atomic E-state index is 0.451. The van der Waals surface area contributed by atoms with Gasteiger partial charge in [-0.2, -0.15) is 0 Å². The second-order valence-corrected chi connectivity index (χ2v) is 6.50. The Morgan fingerprint density at radius 1 is 1.15 bits per heavy atom. The van der Waals surface area contributed by atoms with Crippen LogP contribution in [-0.4, -0.2) is 31.1 Å². The molecular formula is C18H30N2. The zero-order valence-corrected chi connectivity index (χ0v) is 13.5. The Morgan fingerprint density at radius 2 is 1.80 bits per heavy atom. The minimum Gasteiger partial charge on any atom is -0.310 e. The highest BCUT2D eigenvalue weighted by Gasteiger charge is 2.21. The van der Waals surface area contributed by atoms with Gasteiger partial charge in [0.05, 0.1) is 0 Å². The monoisotopic (exact) mass is 274 g/mol. The highest BCUT2D eigenvalue weighted by atomic mass is 15.1. The summed E-state index contributed by atoms with van der Waals surface area (Å²) in [5, 5.41) is 3.71. The highest BCUT2D eigenvalue weighted by molar-refractivity contribution is 5.26. The van der Waals surface area contributed by atoms with E-state index in [1.54, 1.807) is 0 Å². The van der Waals surface area contributed by atoms with Crippen molar-refractivity contribution in [1.29, 1.82) is 0 Å². The van der Waals surface area contributed by atoms with Gasteiger partial charge >= 0.3 is 0 Å². The van der Waals surface area contributed by atoms with Gasteiger partial charge in [-0.3, -0.25) is 0 Å². The molecule has 112 valence electrons. The van der Waals surface area contributed by atoms with E-state index in [1.165, 1.54) is 37.2 Å². The van der Waals surface area contributed by atoms with Crippen molar-refractivity contribution in [1.82, 2.24) is 10.2 Å². The van der Waals surface area contributed by atoms with Crippen molar-refractivity contribution in [2.75, 3.05) is 26.2 Å². The van der Waals surface area contributed by atoms with Gasteiger partial charge in [0.25, 0.3) is 0 Å². The summed E-state index contributed by atoms with van der Waals surface area (Å²) in [4.78, 5) is 2.55. The first-order valence-electron chi connectivity index (χ1n) is 8.15. The quantitative estimate of drug-likeness (QED) is 0.849. The van der Waals surface area contributed by atoms with Gasteiger partial charge in [-0.1, -0.05) is 45.0 Å². The predicted octanol–water partition coefficient (Wildman–Crippen LogP) is 3.80. The zero-order valence-electron chi connectivity index (χ0n) is 13.5. The Kier molecular flexibility index (Phi) is 5.62. The standard InChI is InChI=1S/C18H30N2/c1-5-20-11-10-16(13-20)12-19-15(4)18-8-6-17(7-9-18)14(2)3/h6-9,14-16,19H,5,10-13H2,1-4H3. The van der Waals surface area contributed by atoms with E-state index < -0.39 is 0 Å². The van der Waals surface area contributed by atoms with Crippen molar-refractivity contribution in [3.8, 4) is 0 Å². The number of rotatable bonds is 6. The Labute approximate surface area is 124 Å². The minimum atomic E-state index is 0.451. The maximum atomic E-state index is 3.71. The molecule has 1 N–H and O–H groups in total. The molecule has 1 heterocycles. The molecule has 0 spiro atoms. The van der Waals surface area contributed by atoms with E-state index in [-0.39, 0.29) is 0 Å². The maximum absolute atomic E-state index is 3.71. The largest absolute Gasteiger partial charge is 0.310 e. The van der Waals surface area contributed by atoms with Crippen molar-refractivity contribution >= 4 is 0 Å². The van der Waals surface area contributed by atoms with Crippen molar-refractivity contribution in [2.45, 2.75) is 46.1 Å². The van der Waals surface area contributed by atoms with Crippen LogP contribution in [0.1, 0.15) is 57.2 Å². The number of benzene rings is 1. The summed E-state index contributed by atoms with van der Waals surface area (Å²) in [5.74, 6) is 1.44. The van der Waals surface area contributed by atoms with Gasteiger partial charge in [-0.05, 0) is 55.9 Å². The molecule has 0 bridgehead atoms. The van der Waals surface area contributed by atoms with Gasteiger partial charge in [0, 0.05) is 12.6 Å². The molecule has 0 aliphatic carbocycles. The summed E-state index contributed by atoms with van der Waals surface area (Å²) in [7, 11) is 0. The summed E-state index contributed by atoms with van der Waals surface area (Å²) in [6.07, 6.45) is 1.35. The maximum Gasteiger partial charge on any atom is 0.0291 e. The van der Waals surface area contributed by atoms with Crippen molar-refractivity contribution < 1.29 is 0 Å². The molecule has 20 heavy (non-hydrogen) atoms. The van der Waals surface area contributed by atoms with Gasteiger partial charge < -0.3 is 10.2 Å². The van der Waals surface area contributed by atoms with E-state index in [0.29, 0.717) is 12.0 Å². The van der Waals surface area contributed by atoms with Crippen molar-refractivity contribution in [3.63, 3.8) is 0 Å². The van der Waals surface area contributed by atoms with Crippen LogP contribution in [0.4, 0.5) is 0 Å². The molecule has 2 heteroatoms. The Hall–Kier alpha value is -0.860. The lowest BCUT2D eigenvalue weighted by molar-refractivity contribution is 0.336. The van der Waals surface area contributed by atoms with Crippen LogP contribution in [0.5, 0.6) is 0 Å². The number of likely N-dealkylation sites (tertiary alicyclic amines) is 1. The van der Waals surface area contributed by atoms with Gasteiger partial charge in [-0.15, -0.1) is 0 Å². The Balaban J connectivity index is 1.81. The summed E-state index contributed by atoms with van der Waals surface area (Å²) in [5.41, 5.74) is 2.83. The molecule has 2 atom stereocenters. The third-order valence-electron chi connectivity index (χ3n) is 4.63. The molecule has 0 saturated carbocycles. The summed E-state index contributed by atoms with van der Waals surface area (Å²) < 4.78 is 0. The molecule has 2 nitrogen and oxygen atoms in total. The first-order valence-corrected chi connectivity index (χ1v) is 8.15. The molecule has 0 radical (unpaired) electrons. The second-order valence-electron chi connectivity index (χ2n) is 6.50. The molecule has 1 saturated heterocycles.